The highest BCUT2D eigenvalue weighted by Gasteiger charge is 2.69. The first-order valence-corrected chi connectivity index (χ1v) is 18.3. The Morgan fingerprint density at radius 2 is 1.35 bits per heavy atom. The molecule has 2 heterocycles. The van der Waals surface area contributed by atoms with Crippen LogP contribution in [0, 0.1) is 0 Å². The second-order valence-corrected chi connectivity index (χ2v) is 14.8. The number of aliphatic hydroxyl groups is 2. The molecule has 20 nitrogen and oxygen atoms in total. The van der Waals surface area contributed by atoms with Crippen molar-refractivity contribution in [3.63, 3.8) is 0 Å². The molecule has 4 rings (SSSR count). The summed E-state index contributed by atoms with van der Waals surface area (Å²) < 4.78 is 63.6. The second-order valence-electron chi connectivity index (χ2n) is 10.4. The van der Waals surface area contributed by atoms with Crippen molar-refractivity contribution in [2.45, 2.75) is 42.8 Å². The van der Waals surface area contributed by atoms with Crippen molar-refractivity contribution in [2.75, 3.05) is 19.7 Å². The summed E-state index contributed by atoms with van der Waals surface area (Å²) in [4.78, 5) is 77.2. The van der Waals surface area contributed by atoms with Gasteiger partial charge >= 0.3 is 41.4 Å². The van der Waals surface area contributed by atoms with Crippen LogP contribution in [0.15, 0.2) is 60.7 Å². The zero-order valence-corrected chi connectivity index (χ0v) is 27.2. The van der Waals surface area contributed by atoms with Crippen molar-refractivity contribution in [1.29, 1.82) is 0 Å². The summed E-state index contributed by atoms with van der Waals surface area (Å²) in [5.74, 6) is -2.39. The lowest BCUT2D eigenvalue weighted by Crippen LogP contribution is -2.66. The van der Waals surface area contributed by atoms with Crippen LogP contribution in [0.25, 0.3) is 0 Å². The van der Waals surface area contributed by atoms with Crippen LogP contribution in [-0.2, 0) is 41.2 Å². The van der Waals surface area contributed by atoms with E-state index in [4.69, 9.17) is 24.0 Å². The van der Waals surface area contributed by atoms with Crippen molar-refractivity contribution in [2.24, 2.45) is 0 Å². The van der Waals surface area contributed by atoms with Crippen LogP contribution in [0.1, 0.15) is 19.3 Å². The molecule has 2 amide bonds. The Balaban J connectivity index is 1.70. The monoisotopic (exact) mass is 740 g/mol. The molecule has 2 saturated heterocycles. The number of nitrogens with one attached hydrogen (secondary N) is 1. The first kappa shape index (κ1) is 37.8. The number of ether oxygens (including phenoxy) is 3. The van der Waals surface area contributed by atoms with Crippen LogP contribution in [0.5, 0.6) is 11.5 Å². The molecule has 0 aromatic heterocycles. The highest BCUT2D eigenvalue weighted by molar-refractivity contribution is 7.66. The standard InChI is InChI=1S/C25H31N2O18P3/c28-20(41-17-8-3-1-4-9-17)14-24(31)19(16-40-47(36,37)45-48(38,39)44-46(33,34)35)43-22(27-13-7-12-26-23(27)30)25(24,32)15-21(29)42-18-10-5-2-6-11-18/h1-6,8-11,19,22,31-32H,7,12-16H2,(H,26,30)(H,36,37)(H,38,39)(H2,33,34,35)/t19-,22-,24-,25+/m1/s1. The molecule has 7 N–H and O–H groups in total. The normalized spacial score (nSPS) is 27.0. The Bertz CT molecular complexity index is 1630. The predicted molar refractivity (Wildman–Crippen MR) is 156 cm³/mol. The molecule has 264 valence electrons. The molecule has 48 heavy (non-hydrogen) atoms. The smallest absolute Gasteiger partial charge is 0.426 e. The Hall–Kier alpha value is -3.06. The predicted octanol–water partition coefficient (Wildman–Crippen LogP) is 0.923. The molecule has 0 spiro atoms. The average Bonchev–Trinajstić information content (AvgIpc) is 3.16. The topological polar surface area (TPSA) is 294 Å². The molecule has 23 heteroatoms. The number of rotatable bonds is 14. The van der Waals surface area contributed by atoms with Crippen molar-refractivity contribution in [3.05, 3.63) is 60.7 Å². The lowest BCUT2D eigenvalue weighted by atomic mass is 9.75. The first-order chi connectivity index (χ1) is 22.3. The molecule has 0 radical (unpaired) electrons. The van der Waals surface area contributed by atoms with E-state index < -0.39 is 84.4 Å². The van der Waals surface area contributed by atoms with E-state index in [1.807, 2.05) is 0 Å². The summed E-state index contributed by atoms with van der Waals surface area (Å²) in [5.41, 5.74) is -5.98. The highest BCUT2D eigenvalue weighted by Crippen LogP contribution is 2.66. The first-order valence-electron chi connectivity index (χ1n) is 13.8. The fourth-order valence-electron chi connectivity index (χ4n) is 4.98. The van der Waals surface area contributed by atoms with Gasteiger partial charge in [-0.3, -0.25) is 19.0 Å². The van der Waals surface area contributed by atoms with Gasteiger partial charge in [0.15, 0.2) is 11.8 Å². The van der Waals surface area contributed by atoms with Gasteiger partial charge in [0, 0.05) is 13.1 Å². The van der Waals surface area contributed by atoms with E-state index in [1.54, 1.807) is 12.1 Å². The maximum Gasteiger partial charge on any atom is 0.490 e. The van der Waals surface area contributed by atoms with E-state index >= 15 is 0 Å². The van der Waals surface area contributed by atoms with Gasteiger partial charge in [-0.2, -0.15) is 8.62 Å². The van der Waals surface area contributed by atoms with Gasteiger partial charge in [0.2, 0.25) is 0 Å². The second kappa shape index (κ2) is 14.8. The number of phosphoric ester groups is 1. The third-order valence-corrected chi connectivity index (χ3v) is 10.8. The molecule has 0 saturated carbocycles. The maximum absolute atomic E-state index is 13.2. The number of esters is 2. The van der Waals surface area contributed by atoms with Crippen LogP contribution >= 0.6 is 23.5 Å². The van der Waals surface area contributed by atoms with Crippen LogP contribution < -0.4 is 14.8 Å². The summed E-state index contributed by atoms with van der Waals surface area (Å²) in [5, 5.41) is 26.8. The van der Waals surface area contributed by atoms with Crippen molar-refractivity contribution >= 4 is 41.4 Å². The van der Waals surface area contributed by atoms with Gasteiger partial charge in [-0.25, -0.2) is 18.5 Å². The number of phosphoric acid groups is 3. The number of carbonyl (C=O) groups excluding carboxylic acids is 3. The minimum atomic E-state index is -5.96. The number of amides is 2. The number of nitrogens with zero attached hydrogens (tertiary/aromatic N) is 1. The minimum Gasteiger partial charge on any atom is -0.426 e. The summed E-state index contributed by atoms with van der Waals surface area (Å²) in [7, 11) is -17.5. The number of hydrogen-bond donors (Lipinski definition) is 7. The number of urea groups is 1. The van der Waals surface area contributed by atoms with Gasteiger partial charge in [0.05, 0.1) is 19.4 Å². The molecule has 2 aromatic rings. The quantitative estimate of drug-likeness (QED) is 0.0805. The molecule has 6 atom stereocenters. The van der Waals surface area contributed by atoms with E-state index in [2.05, 4.69) is 18.5 Å². The van der Waals surface area contributed by atoms with Crippen molar-refractivity contribution < 1.29 is 85.2 Å². The summed E-state index contributed by atoms with van der Waals surface area (Å²) in [6.07, 6.45) is -6.17. The Labute approximate surface area is 271 Å². The average molecular weight is 740 g/mol. The van der Waals surface area contributed by atoms with Gasteiger partial charge in [0.1, 0.15) is 23.2 Å². The molecule has 2 aliphatic heterocycles. The summed E-state index contributed by atoms with van der Waals surface area (Å²) in [6.45, 7) is -1.28. The molecule has 0 bridgehead atoms. The number of benzene rings is 2. The zero-order valence-electron chi connectivity index (χ0n) is 24.5. The van der Waals surface area contributed by atoms with E-state index in [-0.39, 0.29) is 31.0 Å². The van der Waals surface area contributed by atoms with Crippen molar-refractivity contribution in [1.82, 2.24) is 10.2 Å². The lowest BCUT2D eigenvalue weighted by molar-refractivity contribution is -0.186. The van der Waals surface area contributed by atoms with Crippen LogP contribution in [0.3, 0.4) is 0 Å². The number of carbonyl (C=O) groups is 3. The summed E-state index contributed by atoms with van der Waals surface area (Å²) in [6, 6.07) is 14.1. The SMILES string of the molecule is O=C(C[C@@]1(O)[C@@H](COP(=O)(O)OP(=O)(O)OP(=O)(O)O)O[C@@H](N2CCCNC2=O)[C@@]1(O)CC(=O)Oc1ccccc1)Oc1ccccc1. The molecular weight excluding hydrogens is 709 g/mol. The fraction of sp³-hybridized carbons (Fsp3) is 0.400. The minimum absolute atomic E-state index is 0.00573. The van der Waals surface area contributed by atoms with Crippen LogP contribution in [-0.4, -0.2) is 95.9 Å². The molecule has 2 aliphatic rings. The Morgan fingerprint density at radius 3 is 1.85 bits per heavy atom. The maximum atomic E-state index is 13.2. The van der Waals surface area contributed by atoms with Gasteiger partial charge in [-0.15, -0.1) is 0 Å². The molecule has 2 aromatic carbocycles. The molecular formula is C25H31N2O18P3. The lowest BCUT2D eigenvalue weighted by Gasteiger charge is -2.43. The van der Waals surface area contributed by atoms with E-state index in [1.165, 1.54) is 48.5 Å². The van der Waals surface area contributed by atoms with Crippen LogP contribution in [0.4, 0.5) is 4.79 Å². The molecule has 2 fully saturated rings. The third-order valence-electron chi connectivity index (χ3n) is 6.96. The van der Waals surface area contributed by atoms with Crippen molar-refractivity contribution in [3.8, 4) is 11.5 Å². The Kier molecular flexibility index (Phi) is 11.7. The fourth-order valence-corrected chi connectivity index (χ4v) is 8.00. The largest absolute Gasteiger partial charge is 0.490 e. The van der Waals surface area contributed by atoms with Gasteiger partial charge < -0.3 is 49.3 Å². The third kappa shape index (κ3) is 9.55. The summed E-state index contributed by atoms with van der Waals surface area (Å²) >= 11 is 0. The van der Waals surface area contributed by atoms with Gasteiger partial charge in [-0.1, -0.05) is 36.4 Å². The number of para-hydroxylation sites is 2. The van der Waals surface area contributed by atoms with Gasteiger partial charge in [-0.05, 0) is 30.7 Å². The number of hydrogen-bond acceptors (Lipinski definition) is 14. The van der Waals surface area contributed by atoms with E-state index in [0.717, 1.165) is 4.90 Å². The zero-order chi connectivity index (χ0) is 35.4. The highest BCUT2D eigenvalue weighted by atomic mass is 31.3. The van der Waals surface area contributed by atoms with E-state index in [0.29, 0.717) is 0 Å². The molecule has 2 unspecified atom stereocenters. The van der Waals surface area contributed by atoms with Crippen LogP contribution in [0.2, 0.25) is 0 Å². The van der Waals surface area contributed by atoms with E-state index in [9.17, 15) is 48.1 Å². The Morgan fingerprint density at radius 1 is 0.833 bits per heavy atom. The van der Waals surface area contributed by atoms with Gasteiger partial charge in [0.25, 0.3) is 0 Å². The molecule has 0 aliphatic carbocycles.